The first-order valence-electron chi connectivity index (χ1n) is 5.44. The molecule has 2 atom stereocenters. The van der Waals surface area contributed by atoms with Crippen LogP contribution in [0.25, 0.3) is 0 Å². The van der Waals surface area contributed by atoms with Crippen LogP contribution >= 0.6 is 22.6 Å². The van der Waals surface area contributed by atoms with Gasteiger partial charge in [0.15, 0.2) is 0 Å². The Morgan fingerprint density at radius 1 is 1.35 bits per heavy atom. The molecular formula is C12H14INO3. The summed E-state index contributed by atoms with van der Waals surface area (Å²) >= 11 is 2.21. The van der Waals surface area contributed by atoms with Gasteiger partial charge in [-0.2, -0.15) is 0 Å². The van der Waals surface area contributed by atoms with Gasteiger partial charge in [0.1, 0.15) is 6.10 Å². The van der Waals surface area contributed by atoms with Gasteiger partial charge in [-0.15, -0.1) is 0 Å². The zero-order valence-electron chi connectivity index (χ0n) is 9.27. The second-order valence-corrected chi connectivity index (χ2v) is 4.73. The largest absolute Gasteiger partial charge is 0.443 e. The van der Waals surface area contributed by atoms with Crippen LogP contribution in [-0.4, -0.2) is 29.3 Å². The zero-order chi connectivity index (χ0) is 12.1. The average Bonchev–Trinajstić information content (AvgIpc) is 2.71. The lowest BCUT2D eigenvalue weighted by Gasteiger charge is -2.14. The highest BCUT2D eigenvalue weighted by molar-refractivity contribution is 14.1. The van der Waals surface area contributed by atoms with Crippen LogP contribution in [0.2, 0.25) is 0 Å². The first kappa shape index (κ1) is 12.6. The molecular weight excluding hydrogens is 333 g/mol. The summed E-state index contributed by atoms with van der Waals surface area (Å²) in [6.45, 7) is 1.04. The van der Waals surface area contributed by atoms with Crippen LogP contribution in [0.1, 0.15) is 5.56 Å². The highest BCUT2D eigenvalue weighted by Gasteiger charge is 2.33. The molecule has 2 rings (SSSR count). The maximum atomic E-state index is 11.1. The van der Waals surface area contributed by atoms with Gasteiger partial charge >= 0.3 is 6.09 Å². The molecule has 1 saturated heterocycles. The van der Waals surface area contributed by atoms with E-state index in [-0.39, 0.29) is 18.2 Å². The van der Waals surface area contributed by atoms with Gasteiger partial charge in [-0.25, -0.2) is 4.79 Å². The number of carbonyl (C=O) groups excluding carboxylic acids is 1. The van der Waals surface area contributed by atoms with Gasteiger partial charge < -0.3 is 14.8 Å². The van der Waals surface area contributed by atoms with Gasteiger partial charge in [0.05, 0.1) is 19.3 Å². The number of ether oxygens (including phenoxy) is 2. The van der Waals surface area contributed by atoms with Crippen molar-refractivity contribution in [3.63, 3.8) is 0 Å². The Morgan fingerprint density at radius 2 is 2.12 bits per heavy atom. The molecule has 1 N–H and O–H groups in total. The predicted molar refractivity (Wildman–Crippen MR) is 72.2 cm³/mol. The SMILES string of the molecule is O=C1NC(COCc2ccccc2)C(CI)O1. The number of hydrogen-bond donors (Lipinski definition) is 1. The number of halogens is 1. The third kappa shape index (κ3) is 3.57. The molecule has 1 aliphatic heterocycles. The Balaban J connectivity index is 1.77. The van der Waals surface area contributed by atoms with E-state index < -0.39 is 0 Å². The van der Waals surface area contributed by atoms with Crippen LogP contribution < -0.4 is 5.32 Å². The molecule has 0 bridgehead atoms. The quantitative estimate of drug-likeness (QED) is 0.656. The molecule has 2 unspecified atom stereocenters. The van der Waals surface area contributed by atoms with Gasteiger partial charge in [0, 0.05) is 4.43 Å². The molecule has 5 heteroatoms. The molecule has 0 aliphatic carbocycles. The first-order valence-corrected chi connectivity index (χ1v) is 6.97. The topological polar surface area (TPSA) is 47.6 Å². The number of alkyl halides is 1. The minimum atomic E-state index is -0.347. The highest BCUT2D eigenvalue weighted by atomic mass is 127. The lowest BCUT2D eigenvalue weighted by molar-refractivity contribution is 0.0797. The minimum Gasteiger partial charge on any atom is -0.443 e. The summed E-state index contributed by atoms with van der Waals surface area (Å²) in [7, 11) is 0. The molecule has 1 heterocycles. The van der Waals surface area contributed by atoms with E-state index in [4.69, 9.17) is 9.47 Å². The number of nitrogens with one attached hydrogen (secondary N) is 1. The van der Waals surface area contributed by atoms with E-state index >= 15 is 0 Å². The van der Waals surface area contributed by atoms with Crippen molar-refractivity contribution in [2.75, 3.05) is 11.0 Å². The third-order valence-electron chi connectivity index (χ3n) is 2.57. The Labute approximate surface area is 114 Å². The van der Waals surface area contributed by atoms with Crippen molar-refractivity contribution in [1.82, 2.24) is 5.32 Å². The lowest BCUT2D eigenvalue weighted by Crippen LogP contribution is -2.36. The second-order valence-electron chi connectivity index (χ2n) is 3.85. The maximum absolute atomic E-state index is 11.1. The summed E-state index contributed by atoms with van der Waals surface area (Å²) < 4.78 is 11.4. The summed E-state index contributed by atoms with van der Waals surface area (Å²) in [5.74, 6) is 0. The molecule has 0 spiro atoms. The standard InChI is InChI=1S/C12H14INO3/c13-6-11-10(14-12(15)17-11)8-16-7-9-4-2-1-3-5-9/h1-5,10-11H,6-8H2,(H,14,15). The molecule has 1 fully saturated rings. The van der Waals surface area contributed by atoms with Crippen molar-refractivity contribution < 1.29 is 14.3 Å². The molecule has 0 radical (unpaired) electrons. The first-order chi connectivity index (χ1) is 8.29. The number of benzene rings is 1. The van der Waals surface area contributed by atoms with Crippen molar-refractivity contribution in [1.29, 1.82) is 0 Å². The smallest absolute Gasteiger partial charge is 0.407 e. The zero-order valence-corrected chi connectivity index (χ0v) is 11.4. The Bertz CT molecular complexity index is 371. The van der Waals surface area contributed by atoms with E-state index in [1.165, 1.54) is 0 Å². The Morgan fingerprint density at radius 3 is 2.82 bits per heavy atom. The van der Waals surface area contributed by atoms with Crippen molar-refractivity contribution in [2.45, 2.75) is 18.8 Å². The van der Waals surface area contributed by atoms with Gasteiger partial charge in [0.2, 0.25) is 0 Å². The Hall–Kier alpha value is -0.820. The van der Waals surface area contributed by atoms with Gasteiger partial charge in [-0.1, -0.05) is 52.9 Å². The van der Waals surface area contributed by atoms with Gasteiger partial charge in [-0.3, -0.25) is 0 Å². The van der Waals surface area contributed by atoms with Gasteiger partial charge in [0.25, 0.3) is 0 Å². The molecule has 4 nitrogen and oxygen atoms in total. The maximum Gasteiger partial charge on any atom is 0.407 e. The average molecular weight is 347 g/mol. The molecule has 1 aromatic rings. The van der Waals surface area contributed by atoms with Crippen LogP contribution in [0, 0.1) is 0 Å². The fourth-order valence-corrected chi connectivity index (χ4v) is 2.46. The summed E-state index contributed by atoms with van der Waals surface area (Å²) in [5.41, 5.74) is 1.13. The minimum absolute atomic E-state index is 0.0388. The third-order valence-corrected chi connectivity index (χ3v) is 3.44. The number of hydrogen-bond acceptors (Lipinski definition) is 3. The molecule has 0 aromatic heterocycles. The van der Waals surface area contributed by atoms with E-state index in [9.17, 15) is 4.79 Å². The second kappa shape index (κ2) is 6.20. The van der Waals surface area contributed by atoms with Gasteiger partial charge in [-0.05, 0) is 5.56 Å². The van der Waals surface area contributed by atoms with E-state index in [0.717, 1.165) is 9.99 Å². The summed E-state index contributed by atoms with van der Waals surface area (Å²) in [4.78, 5) is 11.1. The van der Waals surface area contributed by atoms with E-state index in [1.54, 1.807) is 0 Å². The molecule has 1 aliphatic rings. The van der Waals surface area contributed by atoms with Crippen LogP contribution in [0.5, 0.6) is 0 Å². The van der Waals surface area contributed by atoms with Crippen LogP contribution in [0.3, 0.4) is 0 Å². The van der Waals surface area contributed by atoms with Crippen LogP contribution in [0.15, 0.2) is 30.3 Å². The van der Waals surface area contributed by atoms with Crippen molar-refractivity contribution >= 4 is 28.7 Å². The fourth-order valence-electron chi connectivity index (χ4n) is 1.66. The van der Waals surface area contributed by atoms with Crippen LogP contribution in [-0.2, 0) is 16.1 Å². The number of amides is 1. The molecule has 92 valence electrons. The molecule has 17 heavy (non-hydrogen) atoms. The predicted octanol–water partition coefficient (Wildman–Crippen LogP) is 2.12. The number of carbonyl (C=O) groups is 1. The molecule has 1 amide bonds. The van der Waals surface area contributed by atoms with Crippen LogP contribution in [0.4, 0.5) is 4.79 Å². The normalized spacial score (nSPS) is 23.2. The summed E-state index contributed by atoms with van der Waals surface area (Å²) in [5, 5.41) is 2.75. The van der Waals surface area contributed by atoms with E-state index in [0.29, 0.717) is 13.2 Å². The summed E-state index contributed by atoms with van der Waals surface area (Å²) in [6, 6.07) is 9.92. The van der Waals surface area contributed by atoms with Crippen molar-refractivity contribution in [2.24, 2.45) is 0 Å². The van der Waals surface area contributed by atoms with E-state index in [1.807, 2.05) is 30.3 Å². The van der Waals surface area contributed by atoms with E-state index in [2.05, 4.69) is 27.9 Å². The number of alkyl carbamates (subject to hydrolysis) is 1. The van der Waals surface area contributed by atoms with Crippen molar-refractivity contribution in [3.05, 3.63) is 35.9 Å². The highest BCUT2D eigenvalue weighted by Crippen LogP contribution is 2.12. The number of cyclic esters (lactones) is 1. The van der Waals surface area contributed by atoms with Crippen molar-refractivity contribution in [3.8, 4) is 0 Å². The monoisotopic (exact) mass is 347 g/mol. The fraction of sp³-hybridized carbons (Fsp3) is 0.417. The molecule has 1 aromatic carbocycles. The lowest BCUT2D eigenvalue weighted by atomic mass is 10.2. The number of rotatable bonds is 5. The summed E-state index contributed by atoms with van der Waals surface area (Å²) in [6.07, 6.45) is -0.432. The molecule has 0 saturated carbocycles. The Kier molecular flexibility index (Phi) is 4.61.